The van der Waals surface area contributed by atoms with Gasteiger partial charge in [-0.1, -0.05) is 42.5 Å². The Kier molecular flexibility index (Phi) is 6.52. The molecular weight excluding hydrogens is 270 g/mol. The molecule has 22 heavy (non-hydrogen) atoms. The average Bonchev–Trinajstić information content (AvgIpc) is 2.54. The molecule has 2 rings (SSSR count). The van der Waals surface area contributed by atoms with Gasteiger partial charge in [0.2, 0.25) is 0 Å². The molecule has 0 aliphatic carbocycles. The van der Waals surface area contributed by atoms with Crippen LogP contribution in [0.5, 0.6) is 0 Å². The Bertz CT molecular complexity index is 598. The Morgan fingerprint density at radius 3 is 2.23 bits per heavy atom. The Morgan fingerprint density at radius 1 is 0.955 bits per heavy atom. The monoisotopic (exact) mass is 293 g/mol. The van der Waals surface area contributed by atoms with Gasteiger partial charge in [-0.05, 0) is 56.0 Å². The summed E-state index contributed by atoms with van der Waals surface area (Å²) in [5.41, 5.74) is 8.63. The van der Waals surface area contributed by atoms with Gasteiger partial charge in [0, 0.05) is 6.04 Å². The number of hydrogen-bond donors (Lipinski definition) is 1. The van der Waals surface area contributed by atoms with Crippen LogP contribution in [0.25, 0.3) is 6.08 Å². The van der Waals surface area contributed by atoms with Crippen molar-refractivity contribution < 1.29 is 0 Å². The van der Waals surface area contributed by atoms with E-state index in [-0.39, 0.29) is 0 Å². The van der Waals surface area contributed by atoms with E-state index in [1.54, 1.807) is 0 Å². The summed E-state index contributed by atoms with van der Waals surface area (Å²) in [5, 5.41) is 8.44. The number of unbranched alkanes of at least 4 members (excludes halogenated alkanes) is 1. The molecule has 0 heterocycles. The standard InChI is InChI=1S/C19H23N3/c1-16(20)8-4-2-5-9-17-12-14-19(15-13-17)22-21-18-10-6-3-7-11-18/h3,5-7,9-16H,2,4,8,20H2,1H3/b9-5+,22-21+/t16-/m1/s1. The number of azo groups is 1. The minimum absolute atomic E-state index is 0.294. The van der Waals surface area contributed by atoms with Crippen molar-refractivity contribution in [2.75, 3.05) is 0 Å². The fourth-order valence-corrected chi connectivity index (χ4v) is 2.04. The third-order valence-electron chi connectivity index (χ3n) is 3.27. The number of benzene rings is 2. The van der Waals surface area contributed by atoms with Crippen molar-refractivity contribution in [1.29, 1.82) is 0 Å². The quantitative estimate of drug-likeness (QED) is 0.521. The smallest absolute Gasteiger partial charge is 0.0857 e. The van der Waals surface area contributed by atoms with E-state index < -0.39 is 0 Å². The van der Waals surface area contributed by atoms with Crippen LogP contribution in [0.2, 0.25) is 0 Å². The molecule has 0 radical (unpaired) electrons. The maximum Gasteiger partial charge on any atom is 0.0857 e. The van der Waals surface area contributed by atoms with Crippen LogP contribution < -0.4 is 5.73 Å². The van der Waals surface area contributed by atoms with Gasteiger partial charge in [0.05, 0.1) is 11.4 Å². The van der Waals surface area contributed by atoms with Crippen molar-refractivity contribution in [3.05, 3.63) is 66.2 Å². The van der Waals surface area contributed by atoms with Gasteiger partial charge in [0.15, 0.2) is 0 Å². The summed E-state index contributed by atoms with van der Waals surface area (Å²) in [6.07, 6.45) is 7.61. The Labute approximate surface area is 132 Å². The van der Waals surface area contributed by atoms with Crippen LogP contribution in [0.15, 0.2) is 70.9 Å². The number of nitrogens with two attached hydrogens (primary N) is 1. The largest absolute Gasteiger partial charge is 0.328 e. The average molecular weight is 293 g/mol. The highest BCUT2D eigenvalue weighted by Gasteiger charge is 1.93. The van der Waals surface area contributed by atoms with E-state index in [2.05, 4.69) is 34.5 Å². The van der Waals surface area contributed by atoms with E-state index >= 15 is 0 Å². The van der Waals surface area contributed by atoms with Gasteiger partial charge in [-0.2, -0.15) is 10.2 Å². The lowest BCUT2D eigenvalue weighted by Crippen LogP contribution is -2.13. The van der Waals surface area contributed by atoms with E-state index in [1.807, 2.05) is 49.4 Å². The van der Waals surface area contributed by atoms with Gasteiger partial charge in [0.25, 0.3) is 0 Å². The lowest BCUT2D eigenvalue weighted by Gasteiger charge is -2.01. The summed E-state index contributed by atoms with van der Waals surface area (Å²) < 4.78 is 0. The first-order chi connectivity index (χ1) is 10.7. The molecule has 114 valence electrons. The van der Waals surface area contributed by atoms with Gasteiger partial charge in [-0.25, -0.2) is 0 Å². The maximum absolute atomic E-state index is 5.73. The molecule has 0 fully saturated rings. The van der Waals surface area contributed by atoms with E-state index in [9.17, 15) is 0 Å². The van der Waals surface area contributed by atoms with Gasteiger partial charge in [-0.15, -0.1) is 0 Å². The molecule has 0 aromatic heterocycles. The fraction of sp³-hybridized carbons (Fsp3) is 0.263. The first kappa shape index (κ1) is 16.1. The second kappa shape index (κ2) is 8.90. The molecule has 0 unspecified atom stereocenters. The van der Waals surface area contributed by atoms with Gasteiger partial charge < -0.3 is 5.73 Å². The van der Waals surface area contributed by atoms with Crippen molar-refractivity contribution in [3.63, 3.8) is 0 Å². The van der Waals surface area contributed by atoms with Gasteiger partial charge in [-0.3, -0.25) is 0 Å². The predicted molar refractivity (Wildman–Crippen MR) is 93.6 cm³/mol. The second-order valence-corrected chi connectivity index (χ2v) is 5.44. The first-order valence-electron chi connectivity index (χ1n) is 7.73. The van der Waals surface area contributed by atoms with Crippen molar-refractivity contribution in [3.8, 4) is 0 Å². The molecule has 0 spiro atoms. The summed E-state index contributed by atoms with van der Waals surface area (Å²) in [4.78, 5) is 0. The molecule has 0 aliphatic rings. The summed E-state index contributed by atoms with van der Waals surface area (Å²) in [5.74, 6) is 0. The lowest BCUT2D eigenvalue weighted by atomic mass is 10.1. The number of hydrogen-bond acceptors (Lipinski definition) is 3. The van der Waals surface area contributed by atoms with Crippen molar-refractivity contribution >= 4 is 17.5 Å². The van der Waals surface area contributed by atoms with Gasteiger partial charge in [0.1, 0.15) is 0 Å². The normalized spacial score (nSPS) is 13.0. The molecule has 2 aromatic carbocycles. The van der Waals surface area contributed by atoms with Crippen molar-refractivity contribution in [2.45, 2.75) is 32.2 Å². The summed E-state index contributed by atoms with van der Waals surface area (Å²) in [6.45, 7) is 2.05. The number of rotatable bonds is 7. The topological polar surface area (TPSA) is 50.7 Å². The van der Waals surface area contributed by atoms with E-state index in [0.29, 0.717) is 6.04 Å². The third kappa shape index (κ3) is 6.02. The zero-order chi connectivity index (χ0) is 15.6. The Balaban J connectivity index is 1.85. The highest BCUT2D eigenvalue weighted by atomic mass is 15.1. The minimum Gasteiger partial charge on any atom is -0.328 e. The van der Waals surface area contributed by atoms with Crippen LogP contribution in [0.4, 0.5) is 11.4 Å². The first-order valence-corrected chi connectivity index (χ1v) is 7.73. The maximum atomic E-state index is 5.73. The molecule has 3 heteroatoms. The molecule has 2 aromatic rings. The zero-order valence-electron chi connectivity index (χ0n) is 13.0. The van der Waals surface area contributed by atoms with E-state index in [4.69, 9.17) is 5.73 Å². The minimum atomic E-state index is 0.294. The molecule has 3 nitrogen and oxygen atoms in total. The predicted octanol–water partition coefficient (Wildman–Crippen LogP) is 5.63. The molecule has 2 N–H and O–H groups in total. The second-order valence-electron chi connectivity index (χ2n) is 5.44. The highest BCUT2D eigenvalue weighted by Crippen LogP contribution is 2.18. The molecule has 0 amide bonds. The van der Waals surface area contributed by atoms with Crippen molar-refractivity contribution in [2.24, 2.45) is 16.0 Å². The number of allylic oxidation sites excluding steroid dienone is 1. The molecular formula is C19H23N3. The van der Waals surface area contributed by atoms with Gasteiger partial charge >= 0.3 is 0 Å². The Morgan fingerprint density at radius 2 is 1.59 bits per heavy atom. The van der Waals surface area contributed by atoms with Crippen LogP contribution in [0.3, 0.4) is 0 Å². The summed E-state index contributed by atoms with van der Waals surface area (Å²) in [6, 6.07) is 18.1. The van der Waals surface area contributed by atoms with Crippen LogP contribution in [-0.2, 0) is 0 Å². The molecule has 0 saturated heterocycles. The zero-order valence-corrected chi connectivity index (χ0v) is 13.0. The molecule has 0 aliphatic heterocycles. The van der Waals surface area contributed by atoms with E-state index in [1.165, 1.54) is 5.56 Å². The molecule has 1 atom stereocenters. The molecule has 0 saturated carbocycles. The third-order valence-corrected chi connectivity index (χ3v) is 3.27. The summed E-state index contributed by atoms with van der Waals surface area (Å²) in [7, 11) is 0. The van der Waals surface area contributed by atoms with E-state index in [0.717, 1.165) is 30.6 Å². The SMILES string of the molecule is C[C@@H](N)CCC/C=C/c1ccc(/N=N/c2ccccc2)cc1. The van der Waals surface area contributed by atoms with Crippen LogP contribution in [-0.4, -0.2) is 6.04 Å². The lowest BCUT2D eigenvalue weighted by molar-refractivity contribution is 0.631. The van der Waals surface area contributed by atoms with Crippen LogP contribution in [0, 0.1) is 0 Å². The Hall–Kier alpha value is -2.26. The summed E-state index contributed by atoms with van der Waals surface area (Å²) >= 11 is 0. The molecule has 0 bridgehead atoms. The highest BCUT2D eigenvalue weighted by molar-refractivity contribution is 5.53. The number of nitrogens with zero attached hydrogens (tertiary/aromatic N) is 2. The fourth-order valence-electron chi connectivity index (χ4n) is 2.04. The van der Waals surface area contributed by atoms with Crippen LogP contribution >= 0.6 is 0 Å². The van der Waals surface area contributed by atoms with Crippen molar-refractivity contribution in [1.82, 2.24) is 0 Å². The van der Waals surface area contributed by atoms with Crippen LogP contribution in [0.1, 0.15) is 31.7 Å².